The van der Waals surface area contributed by atoms with Crippen LogP contribution < -0.4 is 38.7 Å². The molecule has 0 unspecified atom stereocenters. The number of methoxy groups -OCH3 is 2. The zero-order chi connectivity index (χ0) is 53.8. The van der Waals surface area contributed by atoms with Gasteiger partial charge in [-0.25, -0.2) is 0 Å². The highest BCUT2D eigenvalue weighted by molar-refractivity contribution is 6.13. The minimum Gasteiger partial charge on any atom is -0.493 e. The SMILES string of the molecule is CC=NCCCCCC(=O)CCCN(CCOCCOCCOC)c1cc(COc2cc3c(cc2C)C(=O)N2c4ccccc4C[C@H]2CN3C)cc(COc2cc3c(cc2OC)C(=O)N2c4ccccc4C[C@H]2CN3C)c1. The molecular weight excluding hydrogens is 973 g/mol. The molecule has 0 aliphatic carbocycles. The van der Waals surface area contributed by atoms with E-state index < -0.39 is 0 Å². The largest absolute Gasteiger partial charge is 0.493 e. The highest BCUT2D eigenvalue weighted by Gasteiger charge is 2.41. The third-order valence-electron chi connectivity index (χ3n) is 15.2. The molecule has 0 aromatic heterocycles. The quantitative estimate of drug-likeness (QED) is 0.0366. The molecule has 9 rings (SSSR count). The van der Waals surface area contributed by atoms with Gasteiger partial charge in [0.2, 0.25) is 0 Å². The smallest absolute Gasteiger partial charge is 0.260 e. The normalized spacial score (nSPS) is 16.4. The number of aryl methyl sites for hydroxylation is 1. The Morgan fingerprint density at radius 3 is 1.83 bits per heavy atom. The van der Waals surface area contributed by atoms with Gasteiger partial charge < -0.3 is 52.9 Å². The zero-order valence-electron chi connectivity index (χ0n) is 45.9. The number of fused-ring (bicyclic) bond motifs is 8. The monoisotopic (exact) mass is 1050 g/mol. The molecule has 15 heteroatoms. The number of para-hydroxylation sites is 2. The van der Waals surface area contributed by atoms with Gasteiger partial charge in [-0.15, -0.1) is 0 Å². The summed E-state index contributed by atoms with van der Waals surface area (Å²) >= 11 is 0. The van der Waals surface area contributed by atoms with E-state index in [2.05, 4.69) is 57.1 Å². The number of aliphatic imine (C=N–C) groups is 1. The number of ether oxygens (including phenoxy) is 6. The van der Waals surface area contributed by atoms with Crippen molar-refractivity contribution in [3.8, 4) is 17.2 Å². The predicted molar refractivity (Wildman–Crippen MR) is 305 cm³/mol. The molecule has 408 valence electrons. The maximum absolute atomic E-state index is 14.4. The van der Waals surface area contributed by atoms with Crippen molar-refractivity contribution >= 4 is 52.2 Å². The van der Waals surface area contributed by atoms with E-state index in [0.29, 0.717) is 107 Å². The van der Waals surface area contributed by atoms with Crippen LogP contribution in [-0.4, -0.2) is 130 Å². The fourth-order valence-corrected chi connectivity index (χ4v) is 11.3. The molecule has 5 aromatic rings. The van der Waals surface area contributed by atoms with Crippen LogP contribution in [0.15, 0.2) is 96.0 Å². The topological polar surface area (TPSA) is 135 Å². The Morgan fingerprint density at radius 2 is 1.21 bits per heavy atom. The summed E-state index contributed by atoms with van der Waals surface area (Å²) in [6.07, 6.45) is 7.99. The lowest BCUT2D eigenvalue weighted by Gasteiger charge is -2.27. The van der Waals surface area contributed by atoms with Crippen LogP contribution in [-0.2, 0) is 45.1 Å². The van der Waals surface area contributed by atoms with E-state index in [-0.39, 0.29) is 42.9 Å². The Bertz CT molecular complexity index is 2910. The minimum atomic E-state index is -0.0578. The first-order valence-electron chi connectivity index (χ1n) is 27.4. The van der Waals surface area contributed by atoms with Crippen LogP contribution in [0.5, 0.6) is 17.2 Å². The van der Waals surface area contributed by atoms with Crippen LogP contribution in [0.4, 0.5) is 28.4 Å². The van der Waals surface area contributed by atoms with Gasteiger partial charge >= 0.3 is 0 Å². The van der Waals surface area contributed by atoms with Crippen LogP contribution in [0.2, 0.25) is 0 Å². The molecule has 4 aliphatic heterocycles. The number of rotatable bonds is 27. The van der Waals surface area contributed by atoms with E-state index in [9.17, 15) is 14.4 Å². The second-order valence-corrected chi connectivity index (χ2v) is 20.6. The Balaban J connectivity index is 0.981. The molecule has 0 N–H and O–H groups in total. The number of anilines is 5. The maximum atomic E-state index is 14.4. The van der Waals surface area contributed by atoms with Crippen LogP contribution in [0.3, 0.4) is 0 Å². The minimum absolute atomic E-state index is 0.00144. The van der Waals surface area contributed by atoms with Gasteiger partial charge in [-0.05, 0) is 122 Å². The van der Waals surface area contributed by atoms with Crippen molar-refractivity contribution in [2.45, 2.75) is 90.5 Å². The molecule has 0 spiro atoms. The molecule has 0 radical (unpaired) electrons. The lowest BCUT2D eigenvalue weighted by Crippen LogP contribution is -2.41. The van der Waals surface area contributed by atoms with Crippen LogP contribution in [0, 0.1) is 6.92 Å². The van der Waals surface area contributed by atoms with Crippen molar-refractivity contribution in [2.24, 2.45) is 4.99 Å². The van der Waals surface area contributed by atoms with Crippen molar-refractivity contribution in [1.82, 2.24) is 0 Å². The maximum Gasteiger partial charge on any atom is 0.260 e. The molecule has 4 aliphatic rings. The summed E-state index contributed by atoms with van der Waals surface area (Å²) < 4.78 is 36.4. The number of nitrogens with zero attached hydrogens (tertiary/aromatic N) is 6. The van der Waals surface area contributed by atoms with Gasteiger partial charge in [-0.1, -0.05) is 42.8 Å². The summed E-state index contributed by atoms with van der Waals surface area (Å²) in [4.78, 5) is 56.8. The number of benzene rings is 5. The second kappa shape index (κ2) is 25.9. The third kappa shape index (κ3) is 12.9. The highest BCUT2D eigenvalue weighted by atomic mass is 16.5. The van der Waals surface area contributed by atoms with Gasteiger partial charge in [0.05, 0.1) is 74.7 Å². The Kier molecular flexibility index (Phi) is 18.5. The van der Waals surface area contributed by atoms with Gasteiger partial charge in [-0.3, -0.25) is 19.4 Å². The molecule has 2 atom stereocenters. The molecule has 5 aromatic carbocycles. The first-order valence-corrected chi connectivity index (χ1v) is 27.4. The van der Waals surface area contributed by atoms with E-state index in [1.54, 1.807) is 14.2 Å². The average Bonchev–Trinajstić information content (AvgIpc) is 3.96. The highest BCUT2D eigenvalue weighted by Crippen LogP contribution is 2.43. The summed E-state index contributed by atoms with van der Waals surface area (Å²) in [7, 11) is 7.33. The van der Waals surface area contributed by atoms with Gasteiger partial charge in [0.25, 0.3) is 11.8 Å². The molecule has 4 heterocycles. The van der Waals surface area contributed by atoms with E-state index in [1.807, 2.05) is 97.6 Å². The summed E-state index contributed by atoms with van der Waals surface area (Å²) in [5.41, 5.74) is 10.8. The van der Waals surface area contributed by atoms with Gasteiger partial charge in [0, 0.05) is 96.0 Å². The summed E-state index contributed by atoms with van der Waals surface area (Å²) in [6.45, 7) is 10.1. The number of ketones is 1. The molecular formula is C62H76N6O9. The number of Topliss-reactive ketones (excluding diaryl/α,β-unsaturated/α-hetero) is 1. The lowest BCUT2D eigenvalue weighted by atomic mass is 10.1. The number of hydrogen-bond donors (Lipinski definition) is 0. The fourth-order valence-electron chi connectivity index (χ4n) is 11.3. The number of carbonyl (C=O) groups is 3. The number of carbonyl (C=O) groups excluding carboxylic acids is 3. The van der Waals surface area contributed by atoms with Gasteiger partial charge in [-0.2, -0.15) is 0 Å². The fraction of sp³-hybridized carbons (Fsp3) is 0.452. The van der Waals surface area contributed by atoms with E-state index in [4.69, 9.17) is 28.4 Å². The van der Waals surface area contributed by atoms with Crippen molar-refractivity contribution in [3.05, 3.63) is 130 Å². The second-order valence-electron chi connectivity index (χ2n) is 20.6. The van der Waals surface area contributed by atoms with E-state index in [0.717, 1.165) is 83.8 Å². The Morgan fingerprint density at radius 1 is 0.636 bits per heavy atom. The van der Waals surface area contributed by atoms with Gasteiger partial charge in [0.15, 0.2) is 11.5 Å². The number of hydrogen-bond acceptors (Lipinski definition) is 13. The van der Waals surface area contributed by atoms with E-state index >= 15 is 0 Å². The van der Waals surface area contributed by atoms with Crippen molar-refractivity contribution in [1.29, 1.82) is 0 Å². The van der Waals surface area contributed by atoms with Crippen LogP contribution in [0.25, 0.3) is 0 Å². The van der Waals surface area contributed by atoms with Crippen molar-refractivity contribution < 1.29 is 42.8 Å². The first kappa shape index (κ1) is 54.8. The molecule has 0 saturated carbocycles. The van der Waals surface area contributed by atoms with Gasteiger partial charge in [0.1, 0.15) is 24.7 Å². The summed E-state index contributed by atoms with van der Waals surface area (Å²) in [5, 5.41) is 0. The van der Waals surface area contributed by atoms with Crippen LogP contribution in [0.1, 0.15) is 94.0 Å². The summed E-state index contributed by atoms with van der Waals surface area (Å²) in [6, 6.07) is 30.5. The number of likely N-dealkylation sites (N-methyl/N-ethyl adjacent to an activating group) is 2. The Labute approximate surface area is 454 Å². The summed E-state index contributed by atoms with van der Waals surface area (Å²) in [5.74, 6) is 1.90. The third-order valence-corrected chi connectivity index (χ3v) is 15.2. The van der Waals surface area contributed by atoms with E-state index in [1.165, 1.54) is 11.1 Å². The van der Waals surface area contributed by atoms with Crippen LogP contribution >= 0.6 is 0 Å². The number of unbranched alkanes of at least 4 members (excludes halogenated alkanes) is 2. The molecule has 0 bridgehead atoms. The molecule has 0 saturated heterocycles. The zero-order valence-corrected chi connectivity index (χ0v) is 45.9. The Hall–Kier alpha value is -6.94. The standard InChI is InChI=1S/C62H76N6O9/c1-7-63-22-14-8-9-18-51(69)19-15-23-66(24-25-74-28-29-75-27-26-72-5)48-32-44(41-76-58-37-56-52(30-43(58)2)61(70)67-49(39-64(56)3)34-46-16-10-12-20-54(46)67)31-45(33-48)42-77-60-38-57-53(36-59(60)73-6)62(71)68-50(40-65(57)4)35-47-17-11-13-21-55(47)68/h7,10-13,16-17,20-21,30-33,36-38,49-50H,8-9,14-15,18-19,22-29,34-35,39-42H2,1-6H3/t49-,50-/m0/s1. The molecule has 0 fully saturated rings. The van der Waals surface area contributed by atoms with Crippen molar-refractivity contribution in [2.75, 3.05) is 119 Å². The van der Waals surface area contributed by atoms with Crippen molar-refractivity contribution in [3.63, 3.8) is 0 Å². The number of amides is 2. The first-order chi connectivity index (χ1) is 37.5. The molecule has 15 nitrogen and oxygen atoms in total. The predicted octanol–water partition coefficient (Wildman–Crippen LogP) is 9.69. The molecule has 77 heavy (non-hydrogen) atoms. The lowest BCUT2D eigenvalue weighted by molar-refractivity contribution is -0.119. The molecule has 2 amide bonds. The average molecular weight is 1050 g/mol.